The van der Waals surface area contributed by atoms with Gasteiger partial charge in [0.2, 0.25) is 0 Å². The molecule has 2 nitrogen and oxygen atoms in total. The van der Waals surface area contributed by atoms with Crippen LogP contribution in [0.4, 0.5) is 0 Å². The monoisotopic (exact) mass is 272 g/mol. The molecule has 0 amide bonds. The molecule has 0 saturated heterocycles. The zero-order chi connectivity index (χ0) is 13.1. The third-order valence-corrected chi connectivity index (χ3v) is 4.53. The minimum atomic E-state index is 0.833. The smallest absolute Gasteiger partial charge is 0.123 e. The van der Waals surface area contributed by atoms with Crippen molar-refractivity contribution in [3.63, 3.8) is 0 Å². The molecule has 1 N–H and O–H groups in total. The molecule has 0 spiro atoms. The van der Waals surface area contributed by atoms with Gasteiger partial charge in [-0.15, -0.1) is 11.3 Å². The average Bonchev–Trinajstić information content (AvgIpc) is 3.19. The number of thiazole rings is 1. The van der Waals surface area contributed by atoms with Gasteiger partial charge in [0.05, 0.1) is 0 Å². The predicted octanol–water partition coefficient (Wildman–Crippen LogP) is 4.19. The van der Waals surface area contributed by atoms with Crippen LogP contribution in [0.1, 0.15) is 42.5 Å². The topological polar surface area (TPSA) is 24.9 Å². The van der Waals surface area contributed by atoms with Crippen LogP contribution in [0.15, 0.2) is 30.5 Å². The summed E-state index contributed by atoms with van der Waals surface area (Å²) in [5.41, 5.74) is 2.74. The second-order valence-electron chi connectivity index (χ2n) is 5.20. The fraction of sp³-hybridized carbons (Fsp3) is 0.438. The summed E-state index contributed by atoms with van der Waals surface area (Å²) in [6.45, 7) is 4.20. The maximum atomic E-state index is 4.53. The Kier molecular flexibility index (Phi) is 3.95. The maximum Gasteiger partial charge on any atom is 0.123 e. The first-order valence-electron chi connectivity index (χ1n) is 7.12. The van der Waals surface area contributed by atoms with Gasteiger partial charge in [-0.1, -0.05) is 31.2 Å². The Labute approximate surface area is 118 Å². The normalized spacial score (nSPS) is 14.8. The van der Waals surface area contributed by atoms with Gasteiger partial charge in [0.25, 0.3) is 0 Å². The van der Waals surface area contributed by atoms with E-state index in [2.05, 4.69) is 41.5 Å². The van der Waals surface area contributed by atoms with Gasteiger partial charge in [-0.2, -0.15) is 0 Å². The average molecular weight is 272 g/mol. The summed E-state index contributed by atoms with van der Waals surface area (Å²) in [6.07, 6.45) is 5.90. The van der Waals surface area contributed by atoms with Crippen molar-refractivity contribution in [1.29, 1.82) is 0 Å². The molecule has 2 aromatic rings. The molecule has 1 aromatic carbocycles. The Bertz CT molecular complexity index is 526. The van der Waals surface area contributed by atoms with Crippen molar-refractivity contribution in [2.24, 2.45) is 0 Å². The Balaban J connectivity index is 1.67. The largest absolute Gasteiger partial charge is 0.312 e. The molecule has 0 atom stereocenters. The lowest BCUT2D eigenvalue weighted by Gasteiger charge is -2.00. The van der Waals surface area contributed by atoms with Crippen LogP contribution in [0.2, 0.25) is 0 Å². The molecule has 100 valence electrons. The molecule has 3 rings (SSSR count). The molecule has 0 radical (unpaired) electrons. The number of nitrogens with zero attached hydrogens (tertiary/aromatic N) is 1. The summed E-state index contributed by atoms with van der Waals surface area (Å²) in [5.74, 6) is 0.833. The zero-order valence-corrected chi connectivity index (χ0v) is 12.2. The minimum absolute atomic E-state index is 0.833. The molecule has 19 heavy (non-hydrogen) atoms. The van der Waals surface area contributed by atoms with E-state index in [1.165, 1.54) is 35.3 Å². The molecule has 1 aliphatic carbocycles. The molecular formula is C16H20N2S. The van der Waals surface area contributed by atoms with Gasteiger partial charge < -0.3 is 5.32 Å². The summed E-state index contributed by atoms with van der Waals surface area (Å²) in [7, 11) is 0. The molecule has 1 aromatic heterocycles. The van der Waals surface area contributed by atoms with Crippen molar-refractivity contribution in [2.75, 3.05) is 6.54 Å². The number of aromatic nitrogens is 1. The highest BCUT2D eigenvalue weighted by Crippen LogP contribution is 2.40. The lowest BCUT2D eigenvalue weighted by molar-refractivity contribution is 0.681. The lowest BCUT2D eigenvalue weighted by atomic mass is 10.1. The number of nitrogens with one attached hydrogen (secondary N) is 1. The van der Waals surface area contributed by atoms with E-state index in [0.29, 0.717) is 0 Å². The maximum absolute atomic E-state index is 4.53. The van der Waals surface area contributed by atoms with Gasteiger partial charge in [0.1, 0.15) is 5.01 Å². The van der Waals surface area contributed by atoms with E-state index < -0.39 is 0 Å². The molecule has 1 saturated carbocycles. The van der Waals surface area contributed by atoms with Crippen molar-refractivity contribution in [3.05, 3.63) is 40.9 Å². The van der Waals surface area contributed by atoms with Gasteiger partial charge in [0, 0.05) is 23.2 Å². The Hall–Kier alpha value is -1.19. The Morgan fingerprint density at radius 1 is 1.26 bits per heavy atom. The summed E-state index contributed by atoms with van der Waals surface area (Å²) in [5, 5.41) is 4.55. The van der Waals surface area contributed by atoms with Gasteiger partial charge in [-0.05, 0) is 37.3 Å². The van der Waals surface area contributed by atoms with E-state index in [9.17, 15) is 0 Å². The summed E-state index contributed by atoms with van der Waals surface area (Å²) >= 11 is 1.79. The summed E-state index contributed by atoms with van der Waals surface area (Å²) < 4.78 is 0. The van der Waals surface area contributed by atoms with Crippen LogP contribution in [0.25, 0.3) is 10.6 Å². The van der Waals surface area contributed by atoms with Crippen LogP contribution >= 0.6 is 11.3 Å². The van der Waals surface area contributed by atoms with Crippen molar-refractivity contribution < 1.29 is 0 Å². The molecule has 0 bridgehead atoms. The number of hydrogen-bond donors (Lipinski definition) is 1. The van der Waals surface area contributed by atoms with E-state index in [4.69, 9.17) is 0 Å². The molecule has 0 unspecified atom stereocenters. The third kappa shape index (κ3) is 3.23. The highest BCUT2D eigenvalue weighted by atomic mass is 32.1. The lowest BCUT2D eigenvalue weighted by Crippen LogP contribution is -2.12. The van der Waals surface area contributed by atoms with Crippen LogP contribution < -0.4 is 5.32 Å². The van der Waals surface area contributed by atoms with Gasteiger partial charge in [0.15, 0.2) is 0 Å². The first-order chi connectivity index (χ1) is 9.36. The molecule has 3 heteroatoms. The molecule has 1 fully saturated rings. The van der Waals surface area contributed by atoms with Crippen LogP contribution in [-0.2, 0) is 6.54 Å². The third-order valence-electron chi connectivity index (χ3n) is 3.49. The van der Waals surface area contributed by atoms with E-state index in [1.54, 1.807) is 11.3 Å². The van der Waals surface area contributed by atoms with Crippen molar-refractivity contribution in [2.45, 2.75) is 38.6 Å². The molecule has 1 heterocycles. The Morgan fingerprint density at radius 2 is 2.05 bits per heavy atom. The number of benzene rings is 1. The van der Waals surface area contributed by atoms with Crippen LogP contribution in [0, 0.1) is 0 Å². The van der Waals surface area contributed by atoms with Crippen LogP contribution in [-0.4, -0.2) is 11.5 Å². The quantitative estimate of drug-likeness (QED) is 0.798. The number of rotatable bonds is 6. The molecule has 1 aliphatic rings. The highest BCUT2D eigenvalue weighted by Gasteiger charge is 2.23. The van der Waals surface area contributed by atoms with Crippen LogP contribution in [0.5, 0.6) is 0 Å². The standard InChI is InChI=1S/C16H20N2S/c1-2-9-17-10-15-11-18-16(19-15)14-7-5-13(6-8-14)12-3-4-12/h5-8,11-12,17H,2-4,9-10H2,1H3. The van der Waals surface area contributed by atoms with Crippen molar-refractivity contribution in [3.8, 4) is 10.6 Å². The minimum Gasteiger partial charge on any atom is -0.312 e. The first-order valence-corrected chi connectivity index (χ1v) is 7.94. The van der Waals surface area contributed by atoms with E-state index >= 15 is 0 Å². The second kappa shape index (κ2) is 5.85. The summed E-state index contributed by atoms with van der Waals surface area (Å²) in [4.78, 5) is 5.85. The molecule has 0 aliphatic heterocycles. The summed E-state index contributed by atoms with van der Waals surface area (Å²) in [6, 6.07) is 8.97. The SMILES string of the molecule is CCCNCc1cnc(-c2ccc(C3CC3)cc2)s1. The molecular weight excluding hydrogens is 252 g/mol. The number of hydrogen-bond acceptors (Lipinski definition) is 3. The predicted molar refractivity (Wildman–Crippen MR) is 81.5 cm³/mol. The van der Waals surface area contributed by atoms with E-state index in [-0.39, 0.29) is 0 Å². The van der Waals surface area contributed by atoms with Gasteiger partial charge >= 0.3 is 0 Å². The fourth-order valence-corrected chi connectivity index (χ4v) is 3.11. The van der Waals surface area contributed by atoms with Gasteiger partial charge in [-0.25, -0.2) is 4.98 Å². The first kappa shape index (κ1) is 12.8. The fourth-order valence-electron chi connectivity index (χ4n) is 2.23. The van der Waals surface area contributed by atoms with Gasteiger partial charge in [-0.3, -0.25) is 0 Å². The van der Waals surface area contributed by atoms with E-state index in [1.807, 2.05) is 6.20 Å². The van der Waals surface area contributed by atoms with E-state index in [0.717, 1.165) is 24.0 Å². The van der Waals surface area contributed by atoms with Crippen molar-refractivity contribution in [1.82, 2.24) is 10.3 Å². The highest BCUT2D eigenvalue weighted by molar-refractivity contribution is 7.15. The van der Waals surface area contributed by atoms with Crippen molar-refractivity contribution >= 4 is 11.3 Å². The second-order valence-corrected chi connectivity index (χ2v) is 6.32. The zero-order valence-electron chi connectivity index (χ0n) is 11.4. The Morgan fingerprint density at radius 3 is 2.74 bits per heavy atom. The van der Waals surface area contributed by atoms with Crippen LogP contribution in [0.3, 0.4) is 0 Å².